The van der Waals surface area contributed by atoms with Crippen molar-refractivity contribution in [3.8, 4) is 5.75 Å². The zero-order chi connectivity index (χ0) is 13.7. The first-order valence-corrected chi connectivity index (χ1v) is 8.00. The molecule has 0 unspecified atom stereocenters. The molecule has 19 heavy (non-hydrogen) atoms. The Bertz CT molecular complexity index is 419. The van der Waals surface area contributed by atoms with E-state index in [0.29, 0.717) is 22.6 Å². The lowest BCUT2D eigenvalue weighted by Gasteiger charge is -2.27. The minimum Gasteiger partial charge on any atom is -0.497 e. The summed E-state index contributed by atoms with van der Waals surface area (Å²) in [6.07, 6.45) is 7.36. The highest BCUT2D eigenvalue weighted by Crippen LogP contribution is 2.39. The first kappa shape index (κ1) is 14.7. The Balaban J connectivity index is 1.88. The minimum atomic E-state index is -0.198. The van der Waals surface area contributed by atoms with Crippen LogP contribution in [0.3, 0.4) is 0 Å². The molecule has 2 rings (SSSR count). The van der Waals surface area contributed by atoms with Gasteiger partial charge in [-0.25, -0.2) is 4.39 Å². The fourth-order valence-corrected chi connectivity index (χ4v) is 3.64. The van der Waals surface area contributed by atoms with Crippen molar-refractivity contribution in [1.82, 2.24) is 5.32 Å². The normalized spacial score (nSPS) is 17.6. The van der Waals surface area contributed by atoms with Gasteiger partial charge in [0, 0.05) is 29.5 Å². The van der Waals surface area contributed by atoms with E-state index in [0.717, 1.165) is 6.54 Å². The van der Waals surface area contributed by atoms with Gasteiger partial charge in [0.1, 0.15) is 11.6 Å². The van der Waals surface area contributed by atoms with Gasteiger partial charge in [0.25, 0.3) is 0 Å². The van der Waals surface area contributed by atoms with Gasteiger partial charge in [-0.05, 0) is 25.2 Å². The first-order chi connectivity index (χ1) is 9.19. The molecule has 0 aliphatic heterocycles. The van der Waals surface area contributed by atoms with E-state index in [1.54, 1.807) is 19.2 Å². The zero-order valence-electron chi connectivity index (χ0n) is 11.7. The molecule has 0 saturated heterocycles. The molecule has 2 nitrogen and oxygen atoms in total. The number of thioether (sulfide) groups is 1. The minimum absolute atomic E-state index is 0.198. The second kappa shape index (κ2) is 6.62. The molecule has 1 aliphatic carbocycles. The van der Waals surface area contributed by atoms with Crippen molar-refractivity contribution in [2.45, 2.75) is 37.0 Å². The van der Waals surface area contributed by atoms with Gasteiger partial charge in [-0.3, -0.25) is 0 Å². The molecule has 106 valence electrons. The van der Waals surface area contributed by atoms with E-state index in [9.17, 15) is 4.39 Å². The molecule has 1 fully saturated rings. The Hall–Kier alpha value is -0.740. The second-order valence-electron chi connectivity index (χ2n) is 5.16. The summed E-state index contributed by atoms with van der Waals surface area (Å²) in [5, 5.41) is 3.41. The number of hydrogen-bond donors (Lipinski definition) is 1. The van der Waals surface area contributed by atoms with E-state index in [-0.39, 0.29) is 5.82 Å². The molecule has 1 aromatic carbocycles. The average Bonchev–Trinajstić information content (AvgIpc) is 2.90. The molecule has 0 heterocycles. The van der Waals surface area contributed by atoms with E-state index in [1.165, 1.54) is 31.7 Å². The maximum absolute atomic E-state index is 13.8. The molecule has 0 amide bonds. The topological polar surface area (TPSA) is 21.3 Å². The molecule has 1 saturated carbocycles. The number of ether oxygens (including phenoxy) is 1. The predicted octanol–water partition coefficient (Wildman–Crippen LogP) is 3.60. The quantitative estimate of drug-likeness (QED) is 0.862. The number of halogens is 1. The van der Waals surface area contributed by atoms with Crippen molar-refractivity contribution in [2.75, 3.05) is 19.9 Å². The molecule has 1 aliphatic rings. The van der Waals surface area contributed by atoms with Gasteiger partial charge in [0.05, 0.1) is 7.11 Å². The highest BCUT2D eigenvalue weighted by molar-refractivity contribution is 8.00. The molecule has 4 heteroatoms. The molecule has 0 spiro atoms. The summed E-state index contributed by atoms with van der Waals surface area (Å²) in [6.45, 7) is 1.54. The van der Waals surface area contributed by atoms with Gasteiger partial charge in [-0.1, -0.05) is 18.9 Å². The smallest absolute Gasteiger partial charge is 0.131 e. The number of methoxy groups -OCH3 is 1. The van der Waals surface area contributed by atoms with Crippen LogP contribution in [0.15, 0.2) is 18.2 Å². The van der Waals surface area contributed by atoms with Crippen LogP contribution in [0.25, 0.3) is 0 Å². The molecule has 0 bridgehead atoms. The van der Waals surface area contributed by atoms with Gasteiger partial charge in [-0.15, -0.1) is 0 Å². The van der Waals surface area contributed by atoms with Crippen LogP contribution in [0, 0.1) is 5.82 Å². The zero-order valence-corrected chi connectivity index (χ0v) is 12.5. The van der Waals surface area contributed by atoms with Gasteiger partial charge < -0.3 is 10.1 Å². The highest BCUT2D eigenvalue weighted by atomic mass is 32.2. The lowest BCUT2D eigenvalue weighted by Crippen LogP contribution is -2.34. The van der Waals surface area contributed by atoms with Crippen molar-refractivity contribution in [1.29, 1.82) is 0 Å². The third kappa shape index (κ3) is 3.63. The molecule has 0 radical (unpaired) electrons. The Morgan fingerprint density at radius 3 is 2.68 bits per heavy atom. The summed E-state index contributed by atoms with van der Waals surface area (Å²) in [6, 6.07) is 5.04. The van der Waals surface area contributed by atoms with Gasteiger partial charge in [0.2, 0.25) is 0 Å². The standard InChI is InChI=1S/C15H22FNOS/c1-18-13-6-5-12(14(16)9-13)10-17-11-15(19-2)7-3-4-8-15/h5-6,9,17H,3-4,7-8,10-11H2,1-2H3. The third-order valence-corrected chi connectivity index (χ3v) is 5.39. The van der Waals surface area contributed by atoms with Crippen LogP contribution in [0.5, 0.6) is 5.75 Å². The van der Waals surface area contributed by atoms with Gasteiger partial charge in [0.15, 0.2) is 0 Å². The maximum atomic E-state index is 13.8. The number of benzene rings is 1. The maximum Gasteiger partial charge on any atom is 0.131 e. The monoisotopic (exact) mass is 283 g/mol. The van der Waals surface area contributed by atoms with E-state index in [4.69, 9.17) is 4.74 Å². The molecule has 1 N–H and O–H groups in total. The second-order valence-corrected chi connectivity index (χ2v) is 6.43. The Morgan fingerprint density at radius 1 is 1.37 bits per heavy atom. The van der Waals surface area contributed by atoms with Crippen LogP contribution in [-0.4, -0.2) is 24.7 Å². The van der Waals surface area contributed by atoms with Gasteiger partial charge in [-0.2, -0.15) is 11.8 Å². The fraction of sp³-hybridized carbons (Fsp3) is 0.600. The Kier molecular flexibility index (Phi) is 5.11. The lowest BCUT2D eigenvalue weighted by atomic mass is 10.1. The van der Waals surface area contributed by atoms with E-state index >= 15 is 0 Å². The average molecular weight is 283 g/mol. The molecule has 0 aromatic heterocycles. The van der Waals surface area contributed by atoms with Crippen LogP contribution in [0.4, 0.5) is 4.39 Å². The summed E-state index contributed by atoms with van der Waals surface area (Å²) in [5.41, 5.74) is 0.704. The van der Waals surface area contributed by atoms with Crippen molar-refractivity contribution in [3.63, 3.8) is 0 Å². The van der Waals surface area contributed by atoms with Crippen LogP contribution < -0.4 is 10.1 Å². The van der Waals surface area contributed by atoms with Gasteiger partial charge >= 0.3 is 0 Å². The molecule has 0 atom stereocenters. The number of rotatable bonds is 6. The lowest BCUT2D eigenvalue weighted by molar-refractivity contribution is 0.410. The van der Waals surface area contributed by atoms with Crippen molar-refractivity contribution < 1.29 is 9.13 Å². The van der Waals surface area contributed by atoms with E-state index in [1.807, 2.05) is 11.8 Å². The summed E-state index contributed by atoms with van der Waals surface area (Å²) in [4.78, 5) is 0. The van der Waals surface area contributed by atoms with Crippen LogP contribution in [0.1, 0.15) is 31.2 Å². The van der Waals surface area contributed by atoms with Crippen molar-refractivity contribution in [3.05, 3.63) is 29.6 Å². The van der Waals surface area contributed by atoms with Crippen molar-refractivity contribution in [2.24, 2.45) is 0 Å². The predicted molar refractivity (Wildman–Crippen MR) is 79.4 cm³/mol. The largest absolute Gasteiger partial charge is 0.497 e. The third-order valence-electron chi connectivity index (χ3n) is 3.97. The SMILES string of the molecule is COc1ccc(CNCC2(SC)CCCC2)c(F)c1. The van der Waals surface area contributed by atoms with E-state index < -0.39 is 0 Å². The first-order valence-electron chi connectivity index (χ1n) is 6.77. The van der Waals surface area contributed by atoms with Crippen LogP contribution >= 0.6 is 11.8 Å². The van der Waals surface area contributed by atoms with Crippen molar-refractivity contribution >= 4 is 11.8 Å². The summed E-state index contributed by atoms with van der Waals surface area (Å²) >= 11 is 1.95. The Morgan fingerprint density at radius 2 is 2.11 bits per heavy atom. The summed E-state index contributed by atoms with van der Waals surface area (Å²) in [7, 11) is 1.55. The molecular weight excluding hydrogens is 261 g/mol. The van der Waals surface area contributed by atoms with Crippen LogP contribution in [0.2, 0.25) is 0 Å². The number of nitrogens with one attached hydrogen (secondary N) is 1. The van der Waals surface area contributed by atoms with E-state index in [2.05, 4.69) is 11.6 Å². The summed E-state index contributed by atoms with van der Waals surface area (Å²) < 4.78 is 19.2. The molecular formula is C15H22FNOS. The fourth-order valence-electron chi connectivity index (χ4n) is 2.70. The Labute approximate surface area is 119 Å². The van der Waals surface area contributed by atoms with Crippen LogP contribution in [-0.2, 0) is 6.54 Å². The molecule has 1 aromatic rings. The number of hydrogen-bond acceptors (Lipinski definition) is 3. The highest BCUT2D eigenvalue weighted by Gasteiger charge is 2.32. The summed E-state index contributed by atoms with van der Waals surface area (Å²) in [5.74, 6) is 0.370.